The summed E-state index contributed by atoms with van der Waals surface area (Å²) in [5.41, 5.74) is 3.19. The van der Waals surface area contributed by atoms with Gasteiger partial charge >= 0.3 is 0 Å². The molecule has 8 nitrogen and oxygen atoms in total. The van der Waals surface area contributed by atoms with Crippen LogP contribution in [0.4, 0.5) is 5.69 Å². The summed E-state index contributed by atoms with van der Waals surface area (Å²) in [6, 6.07) is 9.47. The standard InChI is InChI=1S/C20H24N6O2/c1-23(2)15-6-4-14(5-7-15)20(28)25-10-11-26-16(13-25)12-17(22-26)18(27)19-21-8-9-24(19)3/h4-9,12,18,27H,10-11,13H2,1-3H3/t18-/m0/s1. The number of carbonyl (C=O) groups excluding carboxylic acids is 1. The number of rotatable bonds is 4. The van der Waals surface area contributed by atoms with Crippen molar-refractivity contribution >= 4 is 11.6 Å². The minimum absolute atomic E-state index is 0.00366. The first-order valence-corrected chi connectivity index (χ1v) is 9.22. The Kier molecular flexibility index (Phi) is 4.64. The van der Waals surface area contributed by atoms with Crippen LogP contribution in [0.25, 0.3) is 0 Å². The molecule has 2 aromatic heterocycles. The van der Waals surface area contributed by atoms with E-state index in [1.807, 2.05) is 66.0 Å². The summed E-state index contributed by atoms with van der Waals surface area (Å²) >= 11 is 0. The molecule has 1 N–H and O–H groups in total. The molecule has 0 saturated carbocycles. The monoisotopic (exact) mass is 380 g/mol. The van der Waals surface area contributed by atoms with E-state index in [4.69, 9.17) is 0 Å². The second-order valence-corrected chi connectivity index (χ2v) is 7.25. The Morgan fingerprint density at radius 2 is 1.96 bits per heavy atom. The number of amides is 1. The Morgan fingerprint density at radius 3 is 2.61 bits per heavy atom. The zero-order valence-corrected chi connectivity index (χ0v) is 16.3. The number of benzene rings is 1. The van der Waals surface area contributed by atoms with E-state index in [0.29, 0.717) is 36.7 Å². The average Bonchev–Trinajstić information content (AvgIpc) is 3.32. The van der Waals surface area contributed by atoms with Gasteiger partial charge < -0.3 is 19.5 Å². The molecule has 28 heavy (non-hydrogen) atoms. The number of aromatic nitrogens is 4. The van der Waals surface area contributed by atoms with Crippen molar-refractivity contribution in [1.82, 2.24) is 24.2 Å². The molecule has 1 aliphatic heterocycles. The number of fused-ring (bicyclic) bond motifs is 1. The van der Waals surface area contributed by atoms with Crippen LogP contribution in [0.3, 0.4) is 0 Å². The molecule has 146 valence electrons. The Labute approximate surface area is 163 Å². The maximum Gasteiger partial charge on any atom is 0.254 e. The maximum atomic E-state index is 12.9. The van der Waals surface area contributed by atoms with Crippen LogP contribution in [0, 0.1) is 0 Å². The summed E-state index contributed by atoms with van der Waals surface area (Å²) in [6.45, 7) is 1.65. The summed E-state index contributed by atoms with van der Waals surface area (Å²) in [4.78, 5) is 20.9. The highest BCUT2D eigenvalue weighted by Gasteiger charge is 2.26. The number of imidazole rings is 1. The molecule has 0 saturated heterocycles. The van der Waals surface area contributed by atoms with Gasteiger partial charge in [-0.15, -0.1) is 0 Å². The molecule has 0 fully saturated rings. The quantitative estimate of drug-likeness (QED) is 0.741. The van der Waals surface area contributed by atoms with E-state index in [2.05, 4.69) is 10.1 Å². The minimum Gasteiger partial charge on any atom is -0.379 e. The van der Waals surface area contributed by atoms with E-state index in [1.165, 1.54) is 0 Å². The lowest BCUT2D eigenvalue weighted by Crippen LogP contribution is -2.38. The summed E-state index contributed by atoms with van der Waals surface area (Å²) in [5, 5.41) is 15.1. The first-order chi connectivity index (χ1) is 13.4. The van der Waals surface area contributed by atoms with E-state index in [9.17, 15) is 9.90 Å². The van der Waals surface area contributed by atoms with Gasteiger partial charge in [0.1, 0.15) is 5.82 Å². The summed E-state index contributed by atoms with van der Waals surface area (Å²) < 4.78 is 3.64. The Bertz CT molecular complexity index is 989. The summed E-state index contributed by atoms with van der Waals surface area (Å²) in [6.07, 6.45) is 2.55. The van der Waals surface area contributed by atoms with Crippen molar-refractivity contribution in [3.63, 3.8) is 0 Å². The Morgan fingerprint density at radius 1 is 1.21 bits per heavy atom. The maximum absolute atomic E-state index is 12.9. The third kappa shape index (κ3) is 3.27. The van der Waals surface area contributed by atoms with Crippen molar-refractivity contribution < 1.29 is 9.90 Å². The molecule has 1 aliphatic rings. The first kappa shape index (κ1) is 18.2. The number of carbonyl (C=O) groups is 1. The Balaban J connectivity index is 1.51. The zero-order valence-electron chi connectivity index (χ0n) is 16.3. The molecule has 0 bridgehead atoms. The first-order valence-electron chi connectivity index (χ1n) is 9.22. The second-order valence-electron chi connectivity index (χ2n) is 7.25. The molecule has 8 heteroatoms. The molecule has 0 aliphatic carbocycles. The molecule has 1 amide bonds. The molecule has 0 spiro atoms. The molecule has 3 aromatic rings. The fourth-order valence-corrected chi connectivity index (χ4v) is 3.45. The van der Waals surface area contributed by atoms with Gasteiger partial charge in [-0.2, -0.15) is 5.10 Å². The fraction of sp³-hybridized carbons (Fsp3) is 0.350. The van der Waals surface area contributed by atoms with Gasteiger partial charge in [-0.3, -0.25) is 9.48 Å². The SMILES string of the molecule is CN(C)c1ccc(C(=O)N2CCn3nc([C@H](O)c4nccn4C)cc3C2)cc1. The van der Waals surface area contributed by atoms with Gasteiger partial charge in [-0.1, -0.05) is 0 Å². The van der Waals surface area contributed by atoms with Crippen LogP contribution in [0.15, 0.2) is 42.7 Å². The van der Waals surface area contributed by atoms with E-state index >= 15 is 0 Å². The molecule has 1 aromatic carbocycles. The van der Waals surface area contributed by atoms with Crippen LogP contribution < -0.4 is 4.90 Å². The van der Waals surface area contributed by atoms with E-state index < -0.39 is 6.10 Å². The van der Waals surface area contributed by atoms with Gasteiger partial charge in [0, 0.05) is 51.3 Å². The van der Waals surface area contributed by atoms with Crippen LogP contribution in [0.2, 0.25) is 0 Å². The predicted molar refractivity (Wildman–Crippen MR) is 105 cm³/mol. The van der Waals surface area contributed by atoms with Gasteiger partial charge in [-0.05, 0) is 30.3 Å². The summed E-state index contributed by atoms with van der Waals surface area (Å²) in [5.74, 6) is 0.549. The van der Waals surface area contributed by atoms with Crippen molar-refractivity contribution in [2.24, 2.45) is 7.05 Å². The second kappa shape index (κ2) is 7.12. The number of aliphatic hydroxyl groups excluding tert-OH is 1. The smallest absolute Gasteiger partial charge is 0.254 e. The lowest BCUT2D eigenvalue weighted by Gasteiger charge is -2.28. The largest absolute Gasteiger partial charge is 0.379 e. The molecule has 3 heterocycles. The molecule has 0 radical (unpaired) electrons. The lowest BCUT2D eigenvalue weighted by molar-refractivity contribution is 0.0706. The zero-order chi connectivity index (χ0) is 19.8. The highest BCUT2D eigenvalue weighted by atomic mass is 16.3. The number of nitrogens with zero attached hydrogens (tertiary/aromatic N) is 6. The molecular formula is C20H24N6O2. The van der Waals surface area contributed by atoms with Crippen LogP contribution in [-0.4, -0.2) is 55.9 Å². The van der Waals surface area contributed by atoms with Crippen LogP contribution in [0.5, 0.6) is 0 Å². The fourth-order valence-electron chi connectivity index (χ4n) is 3.45. The average molecular weight is 380 g/mol. The number of aliphatic hydroxyl groups is 1. The van der Waals surface area contributed by atoms with Gasteiger partial charge in [0.15, 0.2) is 6.10 Å². The number of aryl methyl sites for hydroxylation is 1. The summed E-state index contributed by atoms with van der Waals surface area (Å²) in [7, 11) is 5.78. The molecule has 1 atom stereocenters. The van der Waals surface area contributed by atoms with Gasteiger partial charge in [0.25, 0.3) is 5.91 Å². The third-order valence-corrected chi connectivity index (χ3v) is 5.12. The molecular weight excluding hydrogens is 356 g/mol. The van der Waals surface area contributed by atoms with Crippen LogP contribution in [0.1, 0.15) is 33.7 Å². The normalized spacial score (nSPS) is 14.6. The van der Waals surface area contributed by atoms with E-state index in [-0.39, 0.29) is 5.91 Å². The number of hydrogen-bond donors (Lipinski definition) is 1. The Hall–Kier alpha value is -3.13. The topological polar surface area (TPSA) is 79.4 Å². The lowest BCUT2D eigenvalue weighted by atomic mass is 10.1. The van der Waals surface area contributed by atoms with Crippen molar-refractivity contribution in [1.29, 1.82) is 0 Å². The number of hydrogen-bond acceptors (Lipinski definition) is 5. The molecule has 0 unspecified atom stereocenters. The van der Waals surface area contributed by atoms with Crippen molar-refractivity contribution in [2.45, 2.75) is 19.2 Å². The van der Waals surface area contributed by atoms with Gasteiger partial charge in [-0.25, -0.2) is 4.98 Å². The van der Waals surface area contributed by atoms with Crippen molar-refractivity contribution in [2.75, 3.05) is 25.5 Å². The van der Waals surface area contributed by atoms with Crippen LogP contribution in [-0.2, 0) is 20.1 Å². The molecule has 4 rings (SSSR count). The van der Waals surface area contributed by atoms with E-state index in [1.54, 1.807) is 17.0 Å². The predicted octanol–water partition coefficient (Wildman–Crippen LogP) is 1.42. The van der Waals surface area contributed by atoms with Gasteiger partial charge in [0.05, 0.1) is 24.5 Å². The third-order valence-electron chi connectivity index (χ3n) is 5.12. The van der Waals surface area contributed by atoms with Crippen molar-refractivity contribution in [3.05, 3.63) is 65.5 Å². The highest BCUT2D eigenvalue weighted by molar-refractivity contribution is 5.94. The van der Waals surface area contributed by atoms with E-state index in [0.717, 1.165) is 11.4 Å². The minimum atomic E-state index is -0.888. The van der Waals surface area contributed by atoms with Gasteiger partial charge in [0.2, 0.25) is 0 Å². The number of anilines is 1. The van der Waals surface area contributed by atoms with Crippen molar-refractivity contribution in [3.8, 4) is 0 Å². The van der Waals surface area contributed by atoms with Crippen LogP contribution >= 0.6 is 0 Å². The highest BCUT2D eigenvalue weighted by Crippen LogP contribution is 2.23.